The van der Waals surface area contributed by atoms with Gasteiger partial charge in [0.1, 0.15) is 12.2 Å². The van der Waals surface area contributed by atoms with Gasteiger partial charge >= 0.3 is 0 Å². The summed E-state index contributed by atoms with van der Waals surface area (Å²) in [6.45, 7) is 3.73. The SMILES string of the molecule is Cc1ccccc1CC(=O)N1CCC(n2cnnc2C2CC2)CC1. The number of hydrogen-bond donors (Lipinski definition) is 0. The van der Waals surface area contributed by atoms with Gasteiger partial charge in [0, 0.05) is 25.0 Å². The van der Waals surface area contributed by atoms with Crippen molar-refractivity contribution in [2.45, 2.75) is 51.0 Å². The van der Waals surface area contributed by atoms with Crippen molar-refractivity contribution in [3.05, 3.63) is 47.5 Å². The number of aryl methyl sites for hydroxylation is 1. The molecule has 0 atom stereocenters. The average Bonchev–Trinajstić information content (AvgIpc) is 3.34. The molecule has 126 valence electrons. The molecule has 1 saturated carbocycles. The fraction of sp³-hybridized carbons (Fsp3) is 0.526. The Bertz CT molecular complexity index is 726. The molecule has 1 aliphatic carbocycles. The van der Waals surface area contributed by atoms with Crippen LogP contribution in [0.15, 0.2) is 30.6 Å². The van der Waals surface area contributed by atoms with E-state index in [0.717, 1.165) is 37.3 Å². The van der Waals surface area contributed by atoms with Gasteiger partial charge in [0.2, 0.25) is 5.91 Å². The van der Waals surface area contributed by atoms with Gasteiger partial charge in [-0.3, -0.25) is 4.79 Å². The highest BCUT2D eigenvalue weighted by atomic mass is 16.2. The molecular formula is C19H24N4O. The molecule has 5 nitrogen and oxygen atoms in total. The monoisotopic (exact) mass is 324 g/mol. The van der Waals surface area contributed by atoms with E-state index in [-0.39, 0.29) is 5.91 Å². The van der Waals surface area contributed by atoms with Gasteiger partial charge in [-0.05, 0) is 43.7 Å². The van der Waals surface area contributed by atoms with Gasteiger partial charge < -0.3 is 9.47 Å². The van der Waals surface area contributed by atoms with E-state index in [0.29, 0.717) is 18.4 Å². The first-order valence-electron chi connectivity index (χ1n) is 8.94. The summed E-state index contributed by atoms with van der Waals surface area (Å²) in [4.78, 5) is 14.6. The lowest BCUT2D eigenvalue weighted by atomic mass is 10.0. The molecule has 2 aliphatic rings. The second kappa shape index (κ2) is 6.38. The smallest absolute Gasteiger partial charge is 0.227 e. The van der Waals surface area contributed by atoms with Crippen LogP contribution in [0.5, 0.6) is 0 Å². The first-order chi connectivity index (χ1) is 11.7. The van der Waals surface area contributed by atoms with Crippen molar-refractivity contribution in [1.82, 2.24) is 19.7 Å². The Morgan fingerprint density at radius 1 is 1.17 bits per heavy atom. The van der Waals surface area contributed by atoms with E-state index in [9.17, 15) is 4.79 Å². The zero-order chi connectivity index (χ0) is 16.5. The van der Waals surface area contributed by atoms with Crippen molar-refractivity contribution in [1.29, 1.82) is 0 Å². The number of carbonyl (C=O) groups is 1. The Hall–Kier alpha value is -2.17. The highest BCUT2D eigenvalue weighted by molar-refractivity contribution is 5.79. The van der Waals surface area contributed by atoms with Gasteiger partial charge in [-0.1, -0.05) is 24.3 Å². The third-order valence-electron chi connectivity index (χ3n) is 5.36. The van der Waals surface area contributed by atoms with Gasteiger partial charge in [-0.25, -0.2) is 0 Å². The normalized spacial score (nSPS) is 18.8. The molecule has 1 aromatic heterocycles. The molecule has 0 spiro atoms. The number of rotatable bonds is 4. The van der Waals surface area contributed by atoms with Crippen molar-refractivity contribution in [2.75, 3.05) is 13.1 Å². The second-order valence-electron chi connectivity index (χ2n) is 7.09. The van der Waals surface area contributed by atoms with Crippen LogP contribution in [0.2, 0.25) is 0 Å². The van der Waals surface area contributed by atoms with Gasteiger partial charge in [0.15, 0.2) is 0 Å². The molecule has 24 heavy (non-hydrogen) atoms. The maximum absolute atomic E-state index is 12.6. The van der Waals surface area contributed by atoms with Crippen LogP contribution in [-0.2, 0) is 11.2 Å². The summed E-state index contributed by atoms with van der Waals surface area (Å²) in [6.07, 6.45) is 6.87. The number of aromatic nitrogens is 3. The minimum absolute atomic E-state index is 0.244. The lowest BCUT2D eigenvalue weighted by Gasteiger charge is -2.33. The topological polar surface area (TPSA) is 51.0 Å². The van der Waals surface area contributed by atoms with E-state index in [1.807, 2.05) is 23.4 Å². The Morgan fingerprint density at radius 2 is 1.92 bits per heavy atom. The van der Waals surface area contributed by atoms with Crippen molar-refractivity contribution >= 4 is 5.91 Å². The van der Waals surface area contributed by atoms with E-state index < -0.39 is 0 Å². The number of likely N-dealkylation sites (tertiary alicyclic amines) is 1. The summed E-state index contributed by atoms with van der Waals surface area (Å²) < 4.78 is 2.26. The van der Waals surface area contributed by atoms with Crippen molar-refractivity contribution < 1.29 is 4.79 Å². The van der Waals surface area contributed by atoms with Gasteiger partial charge in [0.25, 0.3) is 0 Å². The third kappa shape index (κ3) is 3.07. The number of amides is 1. The van der Waals surface area contributed by atoms with Gasteiger partial charge in [-0.15, -0.1) is 10.2 Å². The molecule has 1 saturated heterocycles. The summed E-state index contributed by atoms with van der Waals surface area (Å²) in [6, 6.07) is 8.59. The molecule has 1 aliphatic heterocycles. The molecule has 0 bridgehead atoms. The van der Waals surface area contributed by atoms with E-state index in [1.54, 1.807) is 0 Å². The van der Waals surface area contributed by atoms with E-state index >= 15 is 0 Å². The highest BCUT2D eigenvalue weighted by Gasteiger charge is 2.32. The zero-order valence-corrected chi connectivity index (χ0v) is 14.2. The summed E-state index contributed by atoms with van der Waals surface area (Å²) in [5.41, 5.74) is 2.33. The zero-order valence-electron chi connectivity index (χ0n) is 14.2. The standard InChI is InChI=1S/C19H24N4O/c1-14-4-2-3-5-16(14)12-18(24)22-10-8-17(9-11-22)23-13-20-21-19(23)15-6-7-15/h2-5,13,15,17H,6-12H2,1H3. The largest absolute Gasteiger partial charge is 0.342 e. The number of nitrogens with zero attached hydrogens (tertiary/aromatic N) is 4. The fourth-order valence-electron chi connectivity index (χ4n) is 3.64. The summed E-state index contributed by atoms with van der Waals surface area (Å²) in [5.74, 6) is 2.02. The molecule has 5 heteroatoms. The van der Waals surface area contributed by atoms with Crippen molar-refractivity contribution in [3.8, 4) is 0 Å². The lowest BCUT2D eigenvalue weighted by Crippen LogP contribution is -2.40. The summed E-state index contributed by atoms with van der Waals surface area (Å²) in [7, 11) is 0. The minimum atomic E-state index is 0.244. The van der Waals surface area contributed by atoms with Crippen molar-refractivity contribution in [2.24, 2.45) is 0 Å². The molecular weight excluding hydrogens is 300 g/mol. The molecule has 0 radical (unpaired) electrons. The predicted octanol–water partition coefficient (Wildman–Crippen LogP) is 2.87. The van der Waals surface area contributed by atoms with Crippen LogP contribution in [0, 0.1) is 6.92 Å². The van der Waals surface area contributed by atoms with Gasteiger partial charge in [-0.2, -0.15) is 0 Å². The molecule has 0 unspecified atom stereocenters. The quantitative estimate of drug-likeness (QED) is 0.869. The van der Waals surface area contributed by atoms with Crippen LogP contribution in [0.1, 0.15) is 54.6 Å². The number of benzene rings is 1. The van der Waals surface area contributed by atoms with Gasteiger partial charge in [0.05, 0.1) is 6.42 Å². The van der Waals surface area contributed by atoms with E-state index in [4.69, 9.17) is 0 Å². The van der Waals surface area contributed by atoms with Crippen molar-refractivity contribution in [3.63, 3.8) is 0 Å². The Kier molecular flexibility index (Phi) is 4.08. The van der Waals surface area contributed by atoms with Crippen LogP contribution in [0.4, 0.5) is 0 Å². The highest BCUT2D eigenvalue weighted by Crippen LogP contribution is 2.40. The second-order valence-corrected chi connectivity index (χ2v) is 7.09. The van der Waals surface area contributed by atoms with Crippen LogP contribution >= 0.6 is 0 Å². The Balaban J connectivity index is 1.36. The van der Waals surface area contributed by atoms with Crippen LogP contribution in [-0.4, -0.2) is 38.7 Å². The van der Waals surface area contributed by atoms with E-state index in [1.165, 1.54) is 18.4 Å². The lowest BCUT2D eigenvalue weighted by molar-refractivity contribution is -0.131. The molecule has 2 heterocycles. The molecule has 0 N–H and O–H groups in total. The van der Waals surface area contributed by atoms with Crippen LogP contribution in [0.3, 0.4) is 0 Å². The maximum Gasteiger partial charge on any atom is 0.227 e. The fourth-order valence-corrected chi connectivity index (χ4v) is 3.64. The van der Waals surface area contributed by atoms with Crippen LogP contribution < -0.4 is 0 Å². The predicted molar refractivity (Wildman–Crippen MR) is 91.7 cm³/mol. The summed E-state index contributed by atoms with van der Waals surface area (Å²) in [5, 5.41) is 8.42. The number of hydrogen-bond acceptors (Lipinski definition) is 3. The molecule has 2 aromatic rings. The Labute approximate surface area is 142 Å². The minimum Gasteiger partial charge on any atom is -0.342 e. The first-order valence-corrected chi connectivity index (χ1v) is 8.94. The molecule has 2 fully saturated rings. The third-order valence-corrected chi connectivity index (χ3v) is 5.36. The Morgan fingerprint density at radius 3 is 2.62 bits per heavy atom. The van der Waals surface area contributed by atoms with Crippen LogP contribution in [0.25, 0.3) is 0 Å². The average molecular weight is 324 g/mol. The summed E-state index contributed by atoms with van der Waals surface area (Å²) >= 11 is 0. The molecule has 1 aromatic carbocycles. The molecule has 1 amide bonds. The number of piperidine rings is 1. The maximum atomic E-state index is 12.6. The molecule has 4 rings (SSSR count). The number of carbonyl (C=O) groups excluding carboxylic acids is 1. The first kappa shape index (κ1) is 15.4. The van der Waals surface area contributed by atoms with E-state index in [2.05, 4.69) is 33.8 Å².